The third kappa shape index (κ3) is 0.715. The minimum atomic E-state index is 0.703. The first-order chi connectivity index (χ1) is 4.31. The lowest BCUT2D eigenvalue weighted by Gasteiger charge is -2.46. The highest BCUT2D eigenvalue weighted by Crippen LogP contribution is 2.40. The Hall–Kier alpha value is -0.300. The molecule has 0 aromatic carbocycles. The number of rotatable bonds is 0. The van der Waals surface area contributed by atoms with Crippen LogP contribution in [0.4, 0.5) is 0 Å². The number of hydrogen-bond acceptors (Lipinski definition) is 1. The number of allylic oxidation sites excluding steroid dienone is 2. The van der Waals surface area contributed by atoms with Gasteiger partial charge in [-0.25, -0.2) is 0 Å². The maximum Gasteiger partial charge on any atom is 0.00534 e. The molecule has 1 nitrogen and oxygen atoms in total. The van der Waals surface area contributed by atoms with Gasteiger partial charge in [0.25, 0.3) is 0 Å². The second-order valence-electron chi connectivity index (χ2n) is 3.55. The van der Waals surface area contributed by atoms with Gasteiger partial charge in [-0.2, -0.15) is 0 Å². The molecule has 0 radical (unpaired) electrons. The summed E-state index contributed by atoms with van der Waals surface area (Å²) in [5.41, 5.74) is 0.703. The monoisotopic (exact) mass is 123 g/mol. The van der Waals surface area contributed by atoms with E-state index in [4.69, 9.17) is 0 Å². The van der Waals surface area contributed by atoms with E-state index in [2.05, 4.69) is 24.1 Å². The Labute approximate surface area is 56.4 Å². The minimum absolute atomic E-state index is 0.703. The van der Waals surface area contributed by atoms with Crippen molar-refractivity contribution in [1.29, 1.82) is 0 Å². The maximum absolute atomic E-state index is 2.40. The fourth-order valence-electron chi connectivity index (χ4n) is 2.11. The van der Waals surface area contributed by atoms with Gasteiger partial charge in [-0.3, -0.25) is 0 Å². The van der Waals surface area contributed by atoms with Crippen molar-refractivity contribution < 1.29 is 0 Å². The van der Waals surface area contributed by atoms with E-state index in [-0.39, 0.29) is 0 Å². The van der Waals surface area contributed by atoms with Crippen molar-refractivity contribution in [1.82, 2.24) is 4.90 Å². The lowest BCUT2D eigenvalue weighted by Crippen LogP contribution is -2.52. The van der Waals surface area contributed by atoms with Gasteiger partial charge in [-0.15, -0.1) is 0 Å². The average molecular weight is 123 g/mol. The quantitative estimate of drug-likeness (QED) is 0.438. The summed E-state index contributed by atoms with van der Waals surface area (Å²) in [6.45, 7) is 2.64. The summed E-state index contributed by atoms with van der Waals surface area (Å²) in [6.07, 6.45) is 7.31. The van der Waals surface area contributed by atoms with E-state index in [1.165, 1.54) is 25.9 Å². The molecule has 0 bridgehead atoms. The second-order valence-corrected chi connectivity index (χ2v) is 3.55. The molecule has 1 heteroatoms. The van der Waals surface area contributed by atoms with Crippen LogP contribution in [-0.2, 0) is 0 Å². The molecule has 9 heavy (non-hydrogen) atoms. The Morgan fingerprint density at radius 3 is 2.22 bits per heavy atom. The number of nitrogens with zero attached hydrogens (tertiary/aromatic N) is 1. The Bertz CT molecular complexity index is 133. The predicted molar refractivity (Wildman–Crippen MR) is 38.3 cm³/mol. The van der Waals surface area contributed by atoms with E-state index in [9.17, 15) is 0 Å². The summed E-state index contributed by atoms with van der Waals surface area (Å²) >= 11 is 0. The van der Waals surface area contributed by atoms with Gasteiger partial charge in [-0.1, -0.05) is 12.2 Å². The standard InChI is InChI=1S/C8H13N/c1-9-6-8(7-9)4-2-3-5-8/h2-3H,4-7H2,1H3. The number of hydrogen-bond donors (Lipinski definition) is 0. The molecule has 0 aromatic rings. The molecule has 1 spiro atoms. The molecule has 1 aliphatic carbocycles. The first-order valence-corrected chi connectivity index (χ1v) is 3.64. The van der Waals surface area contributed by atoms with Crippen LogP contribution in [0.5, 0.6) is 0 Å². The van der Waals surface area contributed by atoms with Crippen LogP contribution >= 0.6 is 0 Å². The topological polar surface area (TPSA) is 3.24 Å². The molecule has 50 valence electrons. The molecule has 1 fully saturated rings. The highest BCUT2D eigenvalue weighted by atomic mass is 15.2. The summed E-state index contributed by atoms with van der Waals surface area (Å²) in [6, 6.07) is 0. The first kappa shape index (κ1) is 5.48. The van der Waals surface area contributed by atoms with E-state index < -0.39 is 0 Å². The summed E-state index contributed by atoms with van der Waals surface area (Å²) in [5, 5.41) is 0. The zero-order chi connectivity index (χ0) is 6.32. The summed E-state index contributed by atoms with van der Waals surface area (Å²) in [5.74, 6) is 0. The maximum atomic E-state index is 2.40. The average Bonchev–Trinajstić information content (AvgIpc) is 2.12. The van der Waals surface area contributed by atoms with Crippen molar-refractivity contribution in [2.75, 3.05) is 20.1 Å². The summed E-state index contributed by atoms with van der Waals surface area (Å²) in [7, 11) is 2.20. The Morgan fingerprint density at radius 1 is 1.22 bits per heavy atom. The van der Waals surface area contributed by atoms with Gasteiger partial charge in [0.1, 0.15) is 0 Å². The van der Waals surface area contributed by atoms with Crippen molar-refractivity contribution in [3.63, 3.8) is 0 Å². The number of likely N-dealkylation sites (tertiary alicyclic amines) is 1. The molecule has 2 rings (SSSR count). The van der Waals surface area contributed by atoms with Gasteiger partial charge < -0.3 is 4.90 Å². The second kappa shape index (κ2) is 1.60. The van der Waals surface area contributed by atoms with E-state index in [0.29, 0.717) is 5.41 Å². The molecule has 0 aromatic heterocycles. The van der Waals surface area contributed by atoms with Crippen LogP contribution in [0.15, 0.2) is 12.2 Å². The van der Waals surface area contributed by atoms with Crippen molar-refractivity contribution in [2.45, 2.75) is 12.8 Å². The van der Waals surface area contributed by atoms with E-state index >= 15 is 0 Å². The SMILES string of the molecule is CN1CC2(CC=CC2)C1. The molecule has 1 saturated heterocycles. The molecular weight excluding hydrogens is 110 g/mol. The highest BCUT2D eigenvalue weighted by Gasteiger charge is 2.40. The van der Waals surface area contributed by atoms with Gasteiger partial charge in [0.15, 0.2) is 0 Å². The van der Waals surface area contributed by atoms with Crippen molar-refractivity contribution in [3.05, 3.63) is 12.2 Å². The summed E-state index contributed by atoms with van der Waals surface area (Å²) < 4.78 is 0. The van der Waals surface area contributed by atoms with Crippen LogP contribution in [0.25, 0.3) is 0 Å². The molecule has 0 amide bonds. The van der Waals surface area contributed by atoms with E-state index in [1.54, 1.807) is 0 Å². The van der Waals surface area contributed by atoms with Gasteiger partial charge in [-0.05, 0) is 19.9 Å². The van der Waals surface area contributed by atoms with Crippen LogP contribution in [0.2, 0.25) is 0 Å². The Kier molecular flexibility index (Phi) is 0.974. The Balaban J connectivity index is 1.98. The van der Waals surface area contributed by atoms with Crippen molar-refractivity contribution in [2.24, 2.45) is 5.41 Å². The lowest BCUT2D eigenvalue weighted by atomic mass is 9.78. The smallest absolute Gasteiger partial charge is 0.00534 e. The highest BCUT2D eigenvalue weighted by molar-refractivity contribution is 5.09. The fourth-order valence-corrected chi connectivity index (χ4v) is 2.11. The van der Waals surface area contributed by atoms with E-state index in [1.807, 2.05) is 0 Å². The summed E-state index contributed by atoms with van der Waals surface area (Å²) in [4.78, 5) is 2.40. The van der Waals surface area contributed by atoms with Crippen LogP contribution in [0.3, 0.4) is 0 Å². The zero-order valence-electron chi connectivity index (χ0n) is 5.93. The molecule has 0 unspecified atom stereocenters. The molecule has 0 saturated carbocycles. The molecule has 0 atom stereocenters. The molecule has 1 aliphatic heterocycles. The minimum Gasteiger partial charge on any atom is -0.305 e. The third-order valence-corrected chi connectivity index (χ3v) is 2.48. The lowest BCUT2D eigenvalue weighted by molar-refractivity contribution is 0.0342. The molecule has 1 heterocycles. The third-order valence-electron chi connectivity index (χ3n) is 2.48. The molecule has 2 aliphatic rings. The first-order valence-electron chi connectivity index (χ1n) is 3.64. The van der Waals surface area contributed by atoms with Crippen LogP contribution in [0.1, 0.15) is 12.8 Å². The van der Waals surface area contributed by atoms with Gasteiger partial charge in [0.05, 0.1) is 0 Å². The normalized spacial score (nSPS) is 31.2. The van der Waals surface area contributed by atoms with Gasteiger partial charge >= 0.3 is 0 Å². The van der Waals surface area contributed by atoms with Gasteiger partial charge in [0.2, 0.25) is 0 Å². The van der Waals surface area contributed by atoms with Gasteiger partial charge in [0, 0.05) is 18.5 Å². The fraction of sp³-hybridized carbons (Fsp3) is 0.750. The molecular formula is C8H13N. The van der Waals surface area contributed by atoms with Crippen LogP contribution < -0.4 is 0 Å². The Morgan fingerprint density at radius 2 is 1.78 bits per heavy atom. The van der Waals surface area contributed by atoms with Crippen molar-refractivity contribution >= 4 is 0 Å². The van der Waals surface area contributed by atoms with Crippen LogP contribution in [0, 0.1) is 5.41 Å². The van der Waals surface area contributed by atoms with Crippen LogP contribution in [-0.4, -0.2) is 25.0 Å². The van der Waals surface area contributed by atoms with E-state index in [0.717, 1.165) is 0 Å². The largest absolute Gasteiger partial charge is 0.305 e. The zero-order valence-corrected chi connectivity index (χ0v) is 5.93. The van der Waals surface area contributed by atoms with Crippen molar-refractivity contribution in [3.8, 4) is 0 Å². The predicted octanol–water partition coefficient (Wildman–Crippen LogP) is 1.27. The molecule has 0 N–H and O–H groups in total.